The first-order valence-corrected chi connectivity index (χ1v) is 8.08. The Morgan fingerprint density at radius 1 is 1.26 bits per heavy atom. The van der Waals surface area contributed by atoms with Crippen molar-refractivity contribution in [2.75, 3.05) is 13.1 Å². The Hall–Kier alpha value is -0.410. The molecule has 3 heteroatoms. The van der Waals surface area contributed by atoms with Crippen molar-refractivity contribution in [3.63, 3.8) is 0 Å². The summed E-state index contributed by atoms with van der Waals surface area (Å²) in [6.07, 6.45) is 7.30. The van der Waals surface area contributed by atoms with Crippen LogP contribution in [0.25, 0.3) is 0 Å². The highest BCUT2D eigenvalue weighted by atomic mass is 79.9. The van der Waals surface area contributed by atoms with Crippen molar-refractivity contribution >= 4 is 15.9 Å². The van der Waals surface area contributed by atoms with E-state index in [1.54, 1.807) is 6.07 Å². The van der Waals surface area contributed by atoms with Crippen molar-refractivity contribution in [1.82, 2.24) is 5.32 Å². The average molecular weight is 328 g/mol. The third-order valence-corrected chi connectivity index (χ3v) is 4.55. The zero-order valence-corrected chi connectivity index (χ0v) is 13.2. The summed E-state index contributed by atoms with van der Waals surface area (Å²) in [5.41, 5.74) is 1.45. The van der Waals surface area contributed by atoms with Crippen LogP contribution in [0.4, 0.5) is 4.39 Å². The highest BCUT2D eigenvalue weighted by molar-refractivity contribution is 9.10. The van der Waals surface area contributed by atoms with Gasteiger partial charge in [0.05, 0.1) is 0 Å². The molecule has 0 aromatic heterocycles. The van der Waals surface area contributed by atoms with E-state index in [0.717, 1.165) is 29.5 Å². The highest BCUT2D eigenvalue weighted by Crippen LogP contribution is 2.40. The minimum absolute atomic E-state index is 0.140. The van der Waals surface area contributed by atoms with E-state index in [1.165, 1.54) is 38.2 Å². The zero-order valence-electron chi connectivity index (χ0n) is 11.6. The molecule has 0 atom stereocenters. The number of halogens is 2. The summed E-state index contributed by atoms with van der Waals surface area (Å²) in [6.45, 7) is 4.33. The van der Waals surface area contributed by atoms with Gasteiger partial charge in [0, 0.05) is 11.0 Å². The minimum Gasteiger partial charge on any atom is -0.316 e. The summed E-state index contributed by atoms with van der Waals surface area (Å²) in [7, 11) is 0. The van der Waals surface area contributed by atoms with Gasteiger partial charge in [-0.3, -0.25) is 0 Å². The van der Waals surface area contributed by atoms with E-state index in [-0.39, 0.29) is 5.82 Å². The van der Waals surface area contributed by atoms with E-state index >= 15 is 0 Å². The van der Waals surface area contributed by atoms with E-state index < -0.39 is 0 Å². The molecule has 0 saturated heterocycles. The van der Waals surface area contributed by atoms with Gasteiger partial charge in [0.2, 0.25) is 0 Å². The molecule has 1 aromatic rings. The van der Waals surface area contributed by atoms with Gasteiger partial charge in [0.1, 0.15) is 5.82 Å². The van der Waals surface area contributed by atoms with Crippen LogP contribution in [0.5, 0.6) is 0 Å². The van der Waals surface area contributed by atoms with E-state index in [4.69, 9.17) is 0 Å². The van der Waals surface area contributed by atoms with Crippen LogP contribution in [0, 0.1) is 11.2 Å². The van der Waals surface area contributed by atoms with Gasteiger partial charge < -0.3 is 5.32 Å². The number of rotatable bonds is 6. The van der Waals surface area contributed by atoms with Crippen molar-refractivity contribution in [1.29, 1.82) is 0 Å². The van der Waals surface area contributed by atoms with Crippen molar-refractivity contribution < 1.29 is 4.39 Å². The predicted octanol–water partition coefficient (Wildman–Crippen LogP) is 4.69. The van der Waals surface area contributed by atoms with Gasteiger partial charge in [-0.2, -0.15) is 0 Å². The van der Waals surface area contributed by atoms with Gasteiger partial charge in [-0.15, -0.1) is 0 Å². The Labute approximate surface area is 124 Å². The fraction of sp³-hybridized carbons (Fsp3) is 0.625. The largest absolute Gasteiger partial charge is 0.316 e. The maximum absolute atomic E-state index is 13.5. The maximum Gasteiger partial charge on any atom is 0.124 e. The monoisotopic (exact) mass is 327 g/mol. The second kappa shape index (κ2) is 6.85. The third-order valence-electron chi connectivity index (χ3n) is 4.09. The van der Waals surface area contributed by atoms with Gasteiger partial charge in [0.25, 0.3) is 0 Å². The van der Waals surface area contributed by atoms with Gasteiger partial charge in [0.15, 0.2) is 0 Å². The molecule has 1 saturated carbocycles. The summed E-state index contributed by atoms with van der Waals surface area (Å²) in [6, 6.07) is 5.27. The summed E-state index contributed by atoms with van der Waals surface area (Å²) < 4.78 is 14.3. The maximum atomic E-state index is 13.5. The lowest BCUT2D eigenvalue weighted by Crippen LogP contribution is -2.34. The molecule has 19 heavy (non-hydrogen) atoms. The standard InChI is InChI=1S/C16H23BrFN/c1-2-7-19-12-16(5-3-4-6-16)11-13-8-14(17)10-15(18)9-13/h8-10,19H,2-7,11-12H2,1H3. The Bertz CT molecular complexity index is 393. The fourth-order valence-corrected chi connectivity index (χ4v) is 3.73. The summed E-state index contributed by atoms with van der Waals surface area (Å²) in [5.74, 6) is -0.140. The predicted molar refractivity (Wildman–Crippen MR) is 81.9 cm³/mol. The van der Waals surface area contributed by atoms with Crippen LogP contribution in [0.2, 0.25) is 0 Å². The molecule has 0 bridgehead atoms. The fourth-order valence-electron chi connectivity index (χ4n) is 3.22. The first-order chi connectivity index (χ1) is 9.13. The van der Waals surface area contributed by atoms with E-state index in [9.17, 15) is 4.39 Å². The second-order valence-electron chi connectivity index (χ2n) is 5.84. The lowest BCUT2D eigenvalue weighted by molar-refractivity contribution is 0.278. The Kier molecular flexibility index (Phi) is 5.40. The third kappa shape index (κ3) is 4.28. The Morgan fingerprint density at radius 3 is 2.63 bits per heavy atom. The topological polar surface area (TPSA) is 12.0 Å². The smallest absolute Gasteiger partial charge is 0.124 e. The van der Waals surface area contributed by atoms with Gasteiger partial charge in [-0.25, -0.2) is 4.39 Å². The molecule has 0 spiro atoms. The van der Waals surface area contributed by atoms with Crippen LogP contribution in [0.15, 0.2) is 22.7 Å². The van der Waals surface area contributed by atoms with Crippen LogP contribution in [-0.4, -0.2) is 13.1 Å². The molecule has 1 aromatic carbocycles. The molecule has 1 nitrogen and oxygen atoms in total. The Balaban J connectivity index is 2.07. The molecule has 1 aliphatic carbocycles. The summed E-state index contributed by atoms with van der Waals surface area (Å²) in [4.78, 5) is 0. The van der Waals surface area contributed by atoms with Crippen LogP contribution in [0.3, 0.4) is 0 Å². The molecule has 1 fully saturated rings. The molecular formula is C16H23BrFN. The number of hydrogen-bond donors (Lipinski definition) is 1. The minimum atomic E-state index is -0.140. The lowest BCUT2D eigenvalue weighted by atomic mass is 9.80. The van der Waals surface area contributed by atoms with Crippen LogP contribution in [-0.2, 0) is 6.42 Å². The van der Waals surface area contributed by atoms with Crippen molar-refractivity contribution in [3.8, 4) is 0 Å². The normalized spacial score (nSPS) is 17.8. The molecule has 0 aliphatic heterocycles. The first kappa shape index (κ1) is 15.0. The van der Waals surface area contributed by atoms with Crippen molar-refractivity contribution in [2.24, 2.45) is 5.41 Å². The molecular weight excluding hydrogens is 305 g/mol. The highest BCUT2D eigenvalue weighted by Gasteiger charge is 2.33. The van der Waals surface area contributed by atoms with Crippen molar-refractivity contribution in [3.05, 3.63) is 34.1 Å². The number of benzene rings is 1. The molecule has 2 rings (SSSR count). The average Bonchev–Trinajstić information content (AvgIpc) is 2.77. The molecule has 1 aliphatic rings. The van der Waals surface area contributed by atoms with Gasteiger partial charge in [-0.05, 0) is 61.4 Å². The van der Waals surface area contributed by atoms with E-state index in [0.29, 0.717) is 5.41 Å². The zero-order chi connectivity index (χ0) is 13.7. The van der Waals surface area contributed by atoms with Gasteiger partial charge >= 0.3 is 0 Å². The SMILES string of the molecule is CCCNCC1(Cc2cc(F)cc(Br)c2)CCCC1. The molecule has 0 amide bonds. The van der Waals surface area contributed by atoms with E-state index in [2.05, 4.69) is 34.2 Å². The first-order valence-electron chi connectivity index (χ1n) is 7.29. The molecule has 0 heterocycles. The Morgan fingerprint density at radius 2 is 2.00 bits per heavy atom. The number of hydrogen-bond acceptors (Lipinski definition) is 1. The van der Waals surface area contributed by atoms with Crippen LogP contribution >= 0.6 is 15.9 Å². The van der Waals surface area contributed by atoms with E-state index in [1.807, 2.05) is 0 Å². The lowest BCUT2D eigenvalue weighted by Gasteiger charge is -2.29. The van der Waals surface area contributed by atoms with Crippen LogP contribution in [0.1, 0.15) is 44.6 Å². The molecule has 106 valence electrons. The van der Waals surface area contributed by atoms with Gasteiger partial charge in [-0.1, -0.05) is 35.7 Å². The summed E-state index contributed by atoms with van der Waals surface area (Å²) >= 11 is 3.39. The van der Waals surface area contributed by atoms with Crippen LogP contribution < -0.4 is 5.32 Å². The molecule has 0 unspecified atom stereocenters. The number of nitrogens with one attached hydrogen (secondary N) is 1. The van der Waals surface area contributed by atoms with Crippen molar-refractivity contribution in [2.45, 2.75) is 45.4 Å². The summed E-state index contributed by atoms with van der Waals surface area (Å²) in [5, 5.41) is 3.56. The second-order valence-corrected chi connectivity index (χ2v) is 6.75. The molecule has 1 N–H and O–H groups in total. The molecule has 0 radical (unpaired) electrons. The quantitative estimate of drug-likeness (QED) is 0.747.